The molecule has 0 fully saturated rings. The van der Waals surface area contributed by atoms with Gasteiger partial charge in [-0.1, -0.05) is 0 Å². The molecular formula is C52H69Cl2SiZr. The summed E-state index contributed by atoms with van der Waals surface area (Å²) in [4.78, 5) is 0. The maximum absolute atomic E-state index is 9.07. The molecule has 0 aromatic heterocycles. The zero-order chi connectivity index (χ0) is 40.7. The molecule has 2 aliphatic carbocycles. The number of hydrogen-bond donors (Lipinski definition) is 0. The average Bonchev–Trinajstić information content (AvgIpc) is 3.70. The summed E-state index contributed by atoms with van der Waals surface area (Å²) in [5.74, 6) is 0.114. The van der Waals surface area contributed by atoms with Crippen molar-refractivity contribution in [2.75, 3.05) is 0 Å². The van der Waals surface area contributed by atoms with Crippen molar-refractivity contribution in [3.63, 3.8) is 0 Å². The van der Waals surface area contributed by atoms with Gasteiger partial charge in [-0.15, -0.1) is 0 Å². The molecule has 0 heterocycles. The first-order valence-corrected chi connectivity index (χ1v) is 38.3. The van der Waals surface area contributed by atoms with Crippen LogP contribution in [0.5, 0.6) is 0 Å². The quantitative estimate of drug-likeness (QED) is 0.104. The Morgan fingerprint density at radius 3 is 1.25 bits per heavy atom. The number of rotatable bonds is 15. The second kappa shape index (κ2) is 17.3. The summed E-state index contributed by atoms with van der Waals surface area (Å²) < 4.78 is 0.162. The summed E-state index contributed by atoms with van der Waals surface area (Å²) in [7, 11) is 18.1. The molecule has 0 N–H and O–H groups in total. The van der Waals surface area contributed by atoms with E-state index < -0.39 is 21.5 Å². The molecule has 0 saturated heterocycles. The van der Waals surface area contributed by atoms with E-state index in [9.17, 15) is 0 Å². The van der Waals surface area contributed by atoms with E-state index in [4.69, 9.17) is 17.0 Å². The van der Waals surface area contributed by atoms with Crippen LogP contribution in [-0.4, -0.2) is 5.92 Å². The van der Waals surface area contributed by atoms with Gasteiger partial charge in [0.15, 0.2) is 0 Å². The van der Waals surface area contributed by atoms with E-state index in [2.05, 4.69) is 167 Å². The summed E-state index contributed by atoms with van der Waals surface area (Å²) >= 11 is -5.04. The topological polar surface area (TPSA) is 0 Å². The molecule has 2 aliphatic rings. The number of hydrogen-bond acceptors (Lipinski definition) is 0. The maximum atomic E-state index is 9.07. The van der Waals surface area contributed by atoms with Crippen molar-refractivity contribution in [2.45, 2.75) is 140 Å². The van der Waals surface area contributed by atoms with Gasteiger partial charge in [-0.25, -0.2) is 0 Å². The molecule has 6 rings (SSSR count). The molecule has 0 bridgehead atoms. The third kappa shape index (κ3) is 7.78. The third-order valence-corrected chi connectivity index (χ3v) is 64.8. The minimum atomic E-state index is -5.04. The monoisotopic (exact) mass is 881 g/mol. The van der Waals surface area contributed by atoms with E-state index in [0.29, 0.717) is 23.7 Å². The van der Waals surface area contributed by atoms with Crippen LogP contribution in [0.2, 0.25) is 13.1 Å². The Bertz CT molecular complexity index is 1990. The molecule has 2 atom stereocenters. The Kier molecular flexibility index (Phi) is 13.5. The molecule has 0 radical (unpaired) electrons. The molecule has 4 aromatic rings. The third-order valence-electron chi connectivity index (χ3n) is 13.0. The molecule has 0 saturated carbocycles. The second-order valence-corrected chi connectivity index (χ2v) is 61.6. The van der Waals surface area contributed by atoms with Gasteiger partial charge in [0.05, 0.1) is 0 Å². The van der Waals surface area contributed by atoms with E-state index in [-0.39, 0.29) is 7.25 Å². The number of halogens is 2. The van der Waals surface area contributed by atoms with Gasteiger partial charge in [0.1, 0.15) is 0 Å². The van der Waals surface area contributed by atoms with Crippen LogP contribution in [0.1, 0.15) is 159 Å². The van der Waals surface area contributed by atoms with Gasteiger partial charge in [0.2, 0.25) is 0 Å². The minimum absolute atomic E-state index is 0.0812. The van der Waals surface area contributed by atoms with E-state index in [1.54, 1.807) is 0 Å². The van der Waals surface area contributed by atoms with Gasteiger partial charge in [-0.05, 0) is 0 Å². The SMILES string of the molecule is CCCc1ccc2c(c1-c1ccccc1C(C)C)C=C(CC(C)C)[CH]2[Zr]([Cl])([Cl])([CH]1C(CC(C)C)=Cc2c1ccc(CCC)c2-c1ccccc1C(C)C)[SiH](C)C. The molecule has 299 valence electrons. The normalized spacial score (nSPS) is 17.5. The zero-order valence-corrected chi connectivity index (χ0v) is 41.7. The van der Waals surface area contributed by atoms with Crippen molar-refractivity contribution in [3.8, 4) is 22.3 Å². The number of aryl methyl sites for hydroxylation is 2. The van der Waals surface area contributed by atoms with Gasteiger partial charge in [-0.3, -0.25) is 0 Å². The van der Waals surface area contributed by atoms with E-state index in [0.717, 1.165) is 38.5 Å². The van der Waals surface area contributed by atoms with Crippen molar-refractivity contribution in [3.05, 3.63) is 128 Å². The first-order valence-electron chi connectivity index (χ1n) is 22.0. The van der Waals surface area contributed by atoms with Crippen LogP contribution >= 0.6 is 17.0 Å². The second-order valence-electron chi connectivity index (χ2n) is 19.1. The molecular weight excluding hydrogens is 815 g/mol. The van der Waals surface area contributed by atoms with Crippen LogP contribution in [0.4, 0.5) is 0 Å². The van der Waals surface area contributed by atoms with Crippen LogP contribution in [0.25, 0.3) is 34.4 Å². The summed E-state index contributed by atoms with van der Waals surface area (Å²) in [6.45, 7) is 28.5. The number of benzene rings is 4. The van der Waals surface area contributed by atoms with Crippen molar-refractivity contribution in [1.82, 2.24) is 0 Å². The molecule has 4 aromatic carbocycles. The fraction of sp³-hybridized carbons (Fsp3) is 0.462. The molecule has 0 nitrogen and oxygen atoms in total. The Morgan fingerprint density at radius 2 is 0.929 bits per heavy atom. The van der Waals surface area contributed by atoms with Crippen molar-refractivity contribution >= 4 is 35.1 Å². The van der Waals surface area contributed by atoms with Crippen molar-refractivity contribution < 1.29 is 15.6 Å². The molecule has 0 aliphatic heterocycles. The molecule has 2 unspecified atom stereocenters. The van der Waals surface area contributed by atoms with E-state index in [1.165, 1.54) is 77.9 Å². The van der Waals surface area contributed by atoms with Crippen LogP contribution < -0.4 is 0 Å². The first-order chi connectivity index (χ1) is 26.5. The summed E-state index contributed by atoms with van der Waals surface area (Å²) in [6, 6.07) is 28.2. The first kappa shape index (κ1) is 43.6. The van der Waals surface area contributed by atoms with E-state index in [1.807, 2.05) is 0 Å². The van der Waals surface area contributed by atoms with Crippen LogP contribution in [0.15, 0.2) is 83.9 Å². The summed E-state index contributed by atoms with van der Waals surface area (Å²) in [6.07, 6.45) is 11.6. The van der Waals surface area contributed by atoms with Crippen LogP contribution in [-0.2, 0) is 28.4 Å². The fourth-order valence-electron chi connectivity index (χ4n) is 10.6. The average molecular weight is 884 g/mol. The van der Waals surface area contributed by atoms with Gasteiger partial charge >= 0.3 is 353 Å². The summed E-state index contributed by atoms with van der Waals surface area (Å²) in [5, 5.41) is 0. The van der Waals surface area contributed by atoms with Crippen molar-refractivity contribution in [2.24, 2.45) is 11.8 Å². The Morgan fingerprint density at radius 1 is 0.554 bits per heavy atom. The Hall–Kier alpha value is -1.96. The standard InChI is InChI=1S/2C25H31.C2H7Si.2ClH.Zr/c2*1-6-9-20-12-13-21-15-19(14-17(2)3)16-24(21)25(20)23-11-8-7-10-22(23)18(4)5;1-3-2;;;/h2*7-8,10-13,15-18H,6,9,14H2,1-5H3;3H,1-2H3;2*1H;/q;;;;;+2/p-2. The van der Waals surface area contributed by atoms with Crippen LogP contribution in [0, 0.1) is 11.8 Å². The van der Waals surface area contributed by atoms with Gasteiger partial charge in [0, 0.05) is 0 Å². The zero-order valence-electron chi connectivity index (χ0n) is 36.6. The van der Waals surface area contributed by atoms with Gasteiger partial charge in [0.25, 0.3) is 0 Å². The Balaban J connectivity index is 1.70. The molecule has 0 amide bonds. The Labute approximate surface area is 350 Å². The molecule has 0 spiro atoms. The molecule has 56 heavy (non-hydrogen) atoms. The number of fused-ring (bicyclic) bond motifs is 2. The van der Waals surface area contributed by atoms with Crippen molar-refractivity contribution in [1.29, 1.82) is 0 Å². The van der Waals surface area contributed by atoms with Crippen LogP contribution in [0.3, 0.4) is 0 Å². The predicted octanol–water partition coefficient (Wildman–Crippen LogP) is 16.8. The van der Waals surface area contributed by atoms with Gasteiger partial charge in [-0.2, -0.15) is 0 Å². The fourth-order valence-corrected chi connectivity index (χ4v) is 42.0. The molecule has 4 heteroatoms. The summed E-state index contributed by atoms with van der Waals surface area (Å²) in [5.41, 5.74) is 20.0. The predicted molar refractivity (Wildman–Crippen MR) is 251 cm³/mol. The van der Waals surface area contributed by atoms with E-state index >= 15 is 0 Å². The van der Waals surface area contributed by atoms with Gasteiger partial charge < -0.3 is 0 Å². The number of allylic oxidation sites excluding steroid dienone is 2.